The fourth-order valence-corrected chi connectivity index (χ4v) is 2.67. The van der Waals surface area contributed by atoms with Crippen LogP contribution < -0.4 is 10.1 Å². The number of ether oxygens (including phenoxy) is 4. The molecule has 2 aromatic rings. The van der Waals surface area contributed by atoms with Gasteiger partial charge in [0.15, 0.2) is 0 Å². The van der Waals surface area contributed by atoms with Gasteiger partial charge in [0, 0.05) is 31.7 Å². The molecule has 1 aromatic carbocycles. The lowest BCUT2D eigenvalue weighted by Gasteiger charge is -2.09. The molecule has 2 N–H and O–H groups in total. The topological polar surface area (TPSA) is 98.9 Å². The zero-order valence-corrected chi connectivity index (χ0v) is 16.6. The van der Waals surface area contributed by atoms with Gasteiger partial charge in [-0.1, -0.05) is 6.07 Å². The molecule has 0 radical (unpaired) electrons. The lowest BCUT2D eigenvalue weighted by molar-refractivity contribution is 0.0387. The Morgan fingerprint density at radius 1 is 1.04 bits per heavy atom. The van der Waals surface area contributed by atoms with Crippen LogP contribution in [0.1, 0.15) is 32.1 Å². The minimum atomic E-state index is -0.490. The molecule has 0 fully saturated rings. The second-order valence-electron chi connectivity index (χ2n) is 6.08. The van der Waals surface area contributed by atoms with E-state index < -0.39 is 5.97 Å². The van der Waals surface area contributed by atoms with Crippen molar-refractivity contribution in [3.63, 3.8) is 0 Å². The van der Waals surface area contributed by atoms with Gasteiger partial charge in [0.05, 0.1) is 18.8 Å². The number of aryl methyl sites for hydroxylation is 1. The fraction of sp³-hybridized carbons (Fsp3) is 0.400. The number of hydrogen-bond donors (Lipinski definition) is 2. The van der Waals surface area contributed by atoms with Gasteiger partial charge in [0.1, 0.15) is 24.7 Å². The number of amides is 1. The van der Waals surface area contributed by atoms with E-state index in [0.717, 1.165) is 0 Å². The van der Waals surface area contributed by atoms with Crippen LogP contribution in [0, 0.1) is 13.8 Å². The van der Waals surface area contributed by atoms with E-state index in [4.69, 9.17) is 18.9 Å². The smallest absolute Gasteiger partial charge is 0.340 e. The lowest BCUT2D eigenvalue weighted by Crippen LogP contribution is -2.15. The highest BCUT2D eigenvalue weighted by Gasteiger charge is 2.23. The van der Waals surface area contributed by atoms with Crippen molar-refractivity contribution in [3.8, 4) is 5.75 Å². The van der Waals surface area contributed by atoms with Crippen LogP contribution in [0.3, 0.4) is 0 Å². The highest BCUT2D eigenvalue weighted by molar-refractivity contribution is 6.06. The Labute approximate surface area is 164 Å². The first-order valence-electron chi connectivity index (χ1n) is 8.86. The predicted octanol–water partition coefficient (Wildman–Crippen LogP) is 2.71. The standard InChI is InChI=1S/C20H26N2O6/c1-13-17(20(24)28-11-9-26-4)14(2)21-18(13)19(23)22-15-6-5-7-16(12-15)27-10-8-25-3/h5-7,12,21H,8-11H2,1-4H3,(H,22,23). The Kier molecular flexibility index (Phi) is 8.03. The first-order valence-corrected chi connectivity index (χ1v) is 8.86. The van der Waals surface area contributed by atoms with Crippen LogP contribution in [0.2, 0.25) is 0 Å². The molecule has 0 aliphatic rings. The molecule has 0 saturated heterocycles. The molecular formula is C20H26N2O6. The van der Waals surface area contributed by atoms with Crippen LogP contribution >= 0.6 is 0 Å². The number of benzene rings is 1. The first kappa shape index (κ1) is 21.5. The van der Waals surface area contributed by atoms with E-state index in [0.29, 0.717) is 53.8 Å². The number of hydrogen-bond acceptors (Lipinski definition) is 6. The van der Waals surface area contributed by atoms with Crippen LogP contribution in [0.15, 0.2) is 24.3 Å². The quantitative estimate of drug-likeness (QED) is 0.478. The van der Waals surface area contributed by atoms with Gasteiger partial charge in [0.2, 0.25) is 0 Å². The lowest BCUT2D eigenvalue weighted by atomic mass is 10.1. The Bertz CT molecular complexity index is 815. The molecule has 2 rings (SSSR count). The number of anilines is 1. The molecule has 152 valence electrons. The minimum absolute atomic E-state index is 0.150. The molecule has 1 heterocycles. The number of esters is 1. The largest absolute Gasteiger partial charge is 0.491 e. The average Bonchev–Trinajstić information content (AvgIpc) is 2.97. The monoisotopic (exact) mass is 390 g/mol. The first-order chi connectivity index (χ1) is 13.5. The molecule has 8 nitrogen and oxygen atoms in total. The third kappa shape index (κ3) is 5.58. The molecule has 0 aliphatic heterocycles. The van der Waals surface area contributed by atoms with Crippen LogP contribution in [0.25, 0.3) is 0 Å². The summed E-state index contributed by atoms with van der Waals surface area (Å²) in [5.41, 5.74) is 2.35. The van der Waals surface area contributed by atoms with Gasteiger partial charge in [0.25, 0.3) is 5.91 Å². The summed E-state index contributed by atoms with van der Waals surface area (Å²) < 4.78 is 20.5. The maximum absolute atomic E-state index is 12.7. The molecule has 0 atom stereocenters. The van der Waals surface area contributed by atoms with Crippen molar-refractivity contribution in [1.29, 1.82) is 0 Å². The molecule has 1 aromatic heterocycles. The number of carbonyl (C=O) groups is 2. The van der Waals surface area contributed by atoms with Gasteiger partial charge < -0.3 is 29.2 Å². The second-order valence-corrected chi connectivity index (χ2v) is 6.08. The van der Waals surface area contributed by atoms with E-state index in [1.807, 2.05) is 0 Å². The Hall–Kier alpha value is -2.84. The van der Waals surface area contributed by atoms with Crippen molar-refractivity contribution in [2.45, 2.75) is 13.8 Å². The summed E-state index contributed by atoms with van der Waals surface area (Å²) >= 11 is 0. The summed E-state index contributed by atoms with van der Waals surface area (Å²) in [7, 11) is 3.13. The van der Waals surface area contributed by atoms with Crippen LogP contribution in [-0.4, -0.2) is 57.5 Å². The van der Waals surface area contributed by atoms with Gasteiger partial charge in [-0.3, -0.25) is 4.79 Å². The predicted molar refractivity (Wildman–Crippen MR) is 104 cm³/mol. The molecule has 0 unspecified atom stereocenters. The molecule has 0 spiro atoms. The molecular weight excluding hydrogens is 364 g/mol. The van der Waals surface area contributed by atoms with Crippen molar-refractivity contribution in [2.75, 3.05) is 46.0 Å². The zero-order valence-electron chi connectivity index (χ0n) is 16.6. The molecule has 8 heteroatoms. The molecule has 1 amide bonds. The summed E-state index contributed by atoms with van der Waals surface area (Å²) in [5, 5.41) is 2.81. The summed E-state index contributed by atoms with van der Waals surface area (Å²) in [5.74, 6) is -0.224. The van der Waals surface area contributed by atoms with Crippen molar-refractivity contribution < 1.29 is 28.5 Å². The van der Waals surface area contributed by atoms with E-state index in [1.54, 1.807) is 45.2 Å². The zero-order chi connectivity index (χ0) is 20.5. The number of aromatic amines is 1. The third-order valence-electron chi connectivity index (χ3n) is 4.04. The van der Waals surface area contributed by atoms with Gasteiger partial charge in [-0.2, -0.15) is 0 Å². The van der Waals surface area contributed by atoms with E-state index in [2.05, 4.69) is 10.3 Å². The summed E-state index contributed by atoms with van der Waals surface area (Å²) in [6.07, 6.45) is 0. The molecule has 0 aliphatic carbocycles. The maximum atomic E-state index is 12.7. The Balaban J connectivity index is 2.09. The van der Waals surface area contributed by atoms with Crippen LogP contribution in [0.5, 0.6) is 5.75 Å². The third-order valence-corrected chi connectivity index (χ3v) is 4.04. The number of nitrogens with one attached hydrogen (secondary N) is 2. The maximum Gasteiger partial charge on any atom is 0.340 e. The van der Waals surface area contributed by atoms with Crippen LogP contribution in [0.4, 0.5) is 5.69 Å². The van der Waals surface area contributed by atoms with Crippen molar-refractivity contribution in [3.05, 3.63) is 46.8 Å². The number of methoxy groups -OCH3 is 2. The highest BCUT2D eigenvalue weighted by atomic mass is 16.6. The summed E-state index contributed by atoms with van der Waals surface area (Å²) in [6, 6.07) is 7.05. The summed E-state index contributed by atoms with van der Waals surface area (Å²) in [4.78, 5) is 27.9. The molecule has 0 bridgehead atoms. The Morgan fingerprint density at radius 3 is 2.46 bits per heavy atom. The van der Waals surface area contributed by atoms with E-state index in [9.17, 15) is 9.59 Å². The highest BCUT2D eigenvalue weighted by Crippen LogP contribution is 2.22. The number of carbonyl (C=O) groups excluding carboxylic acids is 2. The normalized spacial score (nSPS) is 10.6. The SMILES string of the molecule is COCCOC(=O)c1c(C)[nH]c(C(=O)Nc2cccc(OCCOC)c2)c1C. The fourth-order valence-electron chi connectivity index (χ4n) is 2.67. The van der Waals surface area contributed by atoms with Crippen molar-refractivity contribution in [1.82, 2.24) is 4.98 Å². The minimum Gasteiger partial charge on any atom is -0.491 e. The second kappa shape index (κ2) is 10.5. The van der Waals surface area contributed by atoms with Crippen molar-refractivity contribution >= 4 is 17.6 Å². The molecule has 0 saturated carbocycles. The number of rotatable bonds is 10. The van der Waals surface area contributed by atoms with Gasteiger partial charge in [-0.05, 0) is 31.5 Å². The molecule has 28 heavy (non-hydrogen) atoms. The average molecular weight is 390 g/mol. The van der Waals surface area contributed by atoms with Gasteiger partial charge >= 0.3 is 5.97 Å². The summed E-state index contributed by atoms with van der Waals surface area (Å²) in [6.45, 7) is 4.77. The number of aromatic nitrogens is 1. The van der Waals surface area contributed by atoms with Crippen LogP contribution in [-0.2, 0) is 14.2 Å². The number of H-pyrrole nitrogens is 1. The van der Waals surface area contributed by atoms with Crippen molar-refractivity contribution in [2.24, 2.45) is 0 Å². The van der Waals surface area contributed by atoms with Gasteiger partial charge in [-0.25, -0.2) is 4.79 Å². The van der Waals surface area contributed by atoms with E-state index in [-0.39, 0.29) is 12.5 Å². The van der Waals surface area contributed by atoms with E-state index >= 15 is 0 Å². The Morgan fingerprint density at radius 2 is 1.75 bits per heavy atom. The van der Waals surface area contributed by atoms with Gasteiger partial charge in [-0.15, -0.1) is 0 Å². The van der Waals surface area contributed by atoms with E-state index in [1.165, 1.54) is 7.11 Å².